The van der Waals surface area contributed by atoms with Gasteiger partial charge in [-0.25, -0.2) is 13.8 Å². The number of nitrogens with two attached hydrogens (primary N) is 1. The number of pyridine rings is 2. The fourth-order valence-corrected chi connectivity index (χ4v) is 7.26. The SMILES string of the molecule is C=CC(=O)N1[C@H](C)CN(c2c(C#N)c(=O)n([C@H]3C(C(C)C)=NC=C[C@H]3C)c3nc(-c4c(N)c(F)c(Cl)c(Cl)c4F)c(Cl)cc23)C[C@@H]1C. The molecule has 1 aromatic carbocycles. The molecule has 2 N–H and O–H groups in total. The van der Waals surface area contributed by atoms with Gasteiger partial charge in [0.05, 0.1) is 38.7 Å². The summed E-state index contributed by atoms with van der Waals surface area (Å²) in [6.07, 6.45) is 4.74. The standard InChI is InChI=1S/C33H32Cl3F2N7O2/c1-7-21(46)44-16(5)12-43(13-17(44)6)31-18-10-20(34)29(22-25(37)23(35)24(36)26(38)27(22)40)42-32(18)45(33(47)19(31)11-39)30-15(4)8-9-41-28(30)14(2)3/h7-10,14-17,30H,1,12-13,40H2,2-6H3/t15-,16-,17+,30-/m1/s1. The number of nitrogen functional groups attached to an aromatic ring is 1. The van der Waals surface area contributed by atoms with Crippen LogP contribution in [0.25, 0.3) is 22.3 Å². The van der Waals surface area contributed by atoms with Crippen LogP contribution in [0.3, 0.4) is 0 Å². The Morgan fingerprint density at radius 1 is 1.15 bits per heavy atom. The molecule has 3 aromatic rings. The quantitative estimate of drug-likeness (QED) is 0.130. The molecule has 2 aromatic heterocycles. The lowest BCUT2D eigenvalue weighted by Crippen LogP contribution is -2.58. The van der Waals surface area contributed by atoms with E-state index in [1.54, 1.807) is 11.1 Å². The van der Waals surface area contributed by atoms with Crippen LogP contribution in [0.2, 0.25) is 15.1 Å². The van der Waals surface area contributed by atoms with E-state index in [1.807, 2.05) is 45.6 Å². The van der Waals surface area contributed by atoms with E-state index in [0.717, 1.165) is 0 Å². The van der Waals surface area contributed by atoms with Crippen LogP contribution in [0.4, 0.5) is 20.2 Å². The number of allylic oxidation sites excluding steroid dienone is 1. The monoisotopic (exact) mass is 701 g/mol. The molecule has 0 spiro atoms. The van der Waals surface area contributed by atoms with E-state index in [0.29, 0.717) is 11.1 Å². The van der Waals surface area contributed by atoms with E-state index >= 15 is 8.78 Å². The average Bonchev–Trinajstić information content (AvgIpc) is 3.02. The van der Waals surface area contributed by atoms with Gasteiger partial charge in [0, 0.05) is 48.4 Å². The van der Waals surface area contributed by atoms with Gasteiger partial charge < -0.3 is 15.5 Å². The maximum Gasteiger partial charge on any atom is 0.272 e. The van der Waals surface area contributed by atoms with Gasteiger partial charge in [0.2, 0.25) is 5.91 Å². The molecule has 4 atom stereocenters. The normalized spacial score (nSPS) is 21.3. The molecule has 47 heavy (non-hydrogen) atoms. The van der Waals surface area contributed by atoms with Crippen molar-refractivity contribution in [2.45, 2.75) is 52.7 Å². The topological polar surface area (TPSA) is 121 Å². The van der Waals surface area contributed by atoms with Crippen molar-refractivity contribution >= 4 is 68.8 Å². The summed E-state index contributed by atoms with van der Waals surface area (Å²) in [6, 6.07) is 2.22. The van der Waals surface area contributed by atoms with Crippen LogP contribution in [-0.4, -0.2) is 51.2 Å². The minimum atomic E-state index is -1.15. The number of benzene rings is 1. The third-order valence-corrected chi connectivity index (χ3v) is 9.80. The number of halogens is 5. The van der Waals surface area contributed by atoms with Gasteiger partial charge in [-0.1, -0.05) is 68.2 Å². The van der Waals surface area contributed by atoms with Gasteiger partial charge in [-0.15, -0.1) is 0 Å². The van der Waals surface area contributed by atoms with E-state index in [9.17, 15) is 14.9 Å². The molecule has 1 saturated heterocycles. The number of piperazine rings is 1. The first kappa shape index (κ1) is 34.4. The minimum absolute atomic E-state index is 0.0408. The number of aliphatic imine (C=N–C) groups is 1. The number of aromatic nitrogens is 2. The Bertz CT molecular complexity index is 1960. The van der Waals surface area contributed by atoms with Gasteiger partial charge in [0.1, 0.15) is 22.3 Å². The maximum atomic E-state index is 15.7. The smallest absolute Gasteiger partial charge is 0.272 e. The molecule has 0 saturated carbocycles. The fourth-order valence-electron chi connectivity index (χ4n) is 6.65. The Balaban J connectivity index is 1.91. The molecular formula is C33H32Cl3F2N7O2. The largest absolute Gasteiger partial charge is 0.396 e. The van der Waals surface area contributed by atoms with Crippen LogP contribution >= 0.6 is 34.8 Å². The van der Waals surface area contributed by atoms with E-state index in [1.165, 1.54) is 16.7 Å². The summed E-state index contributed by atoms with van der Waals surface area (Å²) < 4.78 is 32.1. The van der Waals surface area contributed by atoms with Gasteiger partial charge in [-0.2, -0.15) is 5.26 Å². The van der Waals surface area contributed by atoms with Gasteiger partial charge in [0.25, 0.3) is 5.56 Å². The second kappa shape index (κ2) is 12.9. The first-order valence-electron chi connectivity index (χ1n) is 14.9. The second-order valence-electron chi connectivity index (χ2n) is 12.2. The predicted molar refractivity (Wildman–Crippen MR) is 183 cm³/mol. The summed E-state index contributed by atoms with van der Waals surface area (Å²) in [5.41, 5.74) is 4.68. The zero-order valence-corrected chi connectivity index (χ0v) is 28.6. The van der Waals surface area contributed by atoms with Crippen LogP contribution in [-0.2, 0) is 4.79 Å². The maximum absolute atomic E-state index is 15.7. The van der Waals surface area contributed by atoms with Crippen molar-refractivity contribution in [2.75, 3.05) is 23.7 Å². The first-order valence-corrected chi connectivity index (χ1v) is 16.0. The third kappa shape index (κ3) is 5.56. The van der Waals surface area contributed by atoms with Crippen LogP contribution < -0.4 is 16.2 Å². The lowest BCUT2D eigenvalue weighted by atomic mass is 9.88. The Hall–Kier alpha value is -3.98. The minimum Gasteiger partial charge on any atom is -0.396 e. The second-order valence-corrected chi connectivity index (χ2v) is 13.3. The summed E-state index contributed by atoms with van der Waals surface area (Å²) in [7, 11) is 0. The van der Waals surface area contributed by atoms with Crippen LogP contribution in [0.15, 0.2) is 40.8 Å². The number of nitrogens with zero attached hydrogens (tertiary/aromatic N) is 6. The highest BCUT2D eigenvalue weighted by Crippen LogP contribution is 2.44. The number of nitriles is 1. The van der Waals surface area contributed by atoms with Crippen LogP contribution in [0, 0.1) is 34.8 Å². The highest BCUT2D eigenvalue weighted by molar-refractivity contribution is 6.43. The number of anilines is 2. The highest BCUT2D eigenvalue weighted by atomic mass is 35.5. The summed E-state index contributed by atoms with van der Waals surface area (Å²) in [5, 5.41) is 9.28. The molecule has 9 nitrogen and oxygen atoms in total. The molecule has 0 unspecified atom stereocenters. The number of carbonyl (C=O) groups is 1. The van der Waals surface area contributed by atoms with E-state index in [4.69, 9.17) is 45.5 Å². The van der Waals surface area contributed by atoms with Crippen molar-refractivity contribution in [1.29, 1.82) is 5.26 Å². The van der Waals surface area contributed by atoms with Crippen molar-refractivity contribution < 1.29 is 13.6 Å². The van der Waals surface area contributed by atoms with E-state index in [-0.39, 0.29) is 70.5 Å². The summed E-state index contributed by atoms with van der Waals surface area (Å²) in [6.45, 7) is 13.6. The lowest BCUT2D eigenvalue weighted by molar-refractivity contribution is -0.130. The molecule has 14 heteroatoms. The molecule has 4 heterocycles. The number of hydrogen-bond acceptors (Lipinski definition) is 7. The molecule has 5 rings (SSSR count). The summed E-state index contributed by atoms with van der Waals surface area (Å²) in [4.78, 5) is 40.1. The van der Waals surface area contributed by atoms with E-state index < -0.39 is 44.5 Å². The van der Waals surface area contributed by atoms with Crippen LogP contribution in [0.1, 0.15) is 46.2 Å². The zero-order chi connectivity index (χ0) is 34.6. The lowest BCUT2D eigenvalue weighted by Gasteiger charge is -2.45. The molecule has 2 aliphatic heterocycles. The zero-order valence-electron chi connectivity index (χ0n) is 26.3. The highest BCUT2D eigenvalue weighted by Gasteiger charge is 2.37. The Kier molecular flexibility index (Phi) is 9.43. The Morgan fingerprint density at radius 3 is 2.34 bits per heavy atom. The first-order chi connectivity index (χ1) is 22.2. The molecule has 1 fully saturated rings. The fraction of sp³-hybridized carbons (Fsp3) is 0.364. The van der Waals surface area contributed by atoms with E-state index in [2.05, 4.69) is 17.6 Å². The van der Waals surface area contributed by atoms with Gasteiger partial charge >= 0.3 is 0 Å². The van der Waals surface area contributed by atoms with Crippen molar-refractivity contribution in [3.63, 3.8) is 0 Å². The molecule has 0 bridgehead atoms. The number of rotatable bonds is 5. The third-order valence-electron chi connectivity index (χ3n) is 8.71. The molecule has 0 aliphatic carbocycles. The summed E-state index contributed by atoms with van der Waals surface area (Å²) >= 11 is 18.7. The van der Waals surface area contributed by atoms with Crippen molar-refractivity contribution in [2.24, 2.45) is 16.8 Å². The predicted octanol–water partition coefficient (Wildman–Crippen LogP) is 7.17. The molecule has 2 aliphatic rings. The van der Waals surface area contributed by atoms with Gasteiger partial charge in [0.15, 0.2) is 11.6 Å². The Morgan fingerprint density at radius 2 is 1.77 bits per heavy atom. The molecule has 246 valence electrons. The number of carbonyl (C=O) groups excluding carboxylic acids is 1. The Labute approximate surface area is 285 Å². The number of fused-ring (bicyclic) bond motifs is 1. The number of amides is 1. The molecular weight excluding hydrogens is 671 g/mol. The van der Waals surface area contributed by atoms with Crippen molar-refractivity contribution in [3.8, 4) is 17.3 Å². The summed E-state index contributed by atoms with van der Waals surface area (Å²) in [5.74, 6) is -2.93. The van der Waals surface area contributed by atoms with Gasteiger partial charge in [-0.3, -0.25) is 19.1 Å². The average molecular weight is 703 g/mol. The number of hydrogen-bond donors (Lipinski definition) is 1. The van der Waals surface area contributed by atoms with Crippen molar-refractivity contribution in [1.82, 2.24) is 14.5 Å². The van der Waals surface area contributed by atoms with Crippen molar-refractivity contribution in [3.05, 3.63) is 73.6 Å². The molecule has 1 amide bonds. The van der Waals surface area contributed by atoms with Gasteiger partial charge in [-0.05, 0) is 31.9 Å². The van der Waals surface area contributed by atoms with Crippen LogP contribution in [0.5, 0.6) is 0 Å². The molecule has 0 radical (unpaired) electrons.